The van der Waals surface area contributed by atoms with Gasteiger partial charge < -0.3 is 4.42 Å². The van der Waals surface area contributed by atoms with Gasteiger partial charge in [0.05, 0.1) is 24.7 Å². The molecule has 0 fully saturated rings. The first-order valence-corrected chi connectivity index (χ1v) is 16.3. The van der Waals surface area contributed by atoms with E-state index in [0.29, 0.717) is 16.7 Å². The third-order valence-corrected chi connectivity index (χ3v) is 9.22. The van der Waals surface area contributed by atoms with E-state index < -0.39 is 116 Å². The van der Waals surface area contributed by atoms with Crippen LogP contribution < -0.4 is 0 Å². The van der Waals surface area contributed by atoms with Crippen LogP contribution in [0.2, 0.25) is 0 Å². The molecule has 0 aliphatic heterocycles. The Kier molecular flexibility index (Phi) is 3.94. The Labute approximate surface area is 322 Å². The molecule has 0 unspecified atom stereocenters. The summed E-state index contributed by atoms with van der Waals surface area (Å²) in [7, 11) is 0. The molecule has 0 N–H and O–H groups in total. The maximum absolute atomic E-state index is 9.55. The lowest BCUT2D eigenvalue weighted by Gasteiger charge is -2.17. The molecule has 0 saturated carbocycles. The van der Waals surface area contributed by atoms with Gasteiger partial charge in [0, 0.05) is 16.3 Å². The summed E-state index contributed by atoms with van der Waals surface area (Å²) in [5.41, 5.74) is 2.58. The fraction of sp³-hybridized carbons (Fsp3) is 0.0400. The van der Waals surface area contributed by atoms with Crippen molar-refractivity contribution in [2.45, 2.75) is 12.8 Å². The first-order valence-electron chi connectivity index (χ1n) is 25.3. The lowest BCUT2D eigenvalue weighted by Crippen LogP contribution is -1.98. The second kappa shape index (κ2) is 12.2. The van der Waals surface area contributed by atoms with Crippen molar-refractivity contribution in [1.82, 2.24) is 0 Å². The highest BCUT2D eigenvalue weighted by Crippen LogP contribution is 2.39. The zero-order valence-electron chi connectivity index (χ0n) is 44.8. The Morgan fingerprint density at radius 2 is 1.14 bits per heavy atom. The number of rotatable bonds is 6. The molecule has 0 atom stereocenters. The maximum atomic E-state index is 9.55. The Morgan fingerprint density at radius 3 is 1.98 bits per heavy atom. The van der Waals surface area contributed by atoms with E-state index >= 15 is 0 Å². The molecule has 1 heteroatoms. The fourth-order valence-corrected chi connectivity index (χ4v) is 6.87. The summed E-state index contributed by atoms with van der Waals surface area (Å²) in [5, 5.41) is 0.502. The van der Waals surface area contributed by atoms with E-state index in [0.717, 1.165) is 21.9 Å². The van der Waals surface area contributed by atoms with Crippen molar-refractivity contribution in [3.63, 3.8) is 0 Å². The number of furan rings is 1. The predicted molar refractivity (Wildman–Crippen MR) is 216 cm³/mol. The van der Waals surface area contributed by atoms with Gasteiger partial charge in [-0.3, -0.25) is 0 Å². The highest BCUT2D eigenvalue weighted by molar-refractivity contribution is 6.10. The van der Waals surface area contributed by atoms with Crippen LogP contribution in [0.15, 0.2) is 186 Å². The van der Waals surface area contributed by atoms with Gasteiger partial charge in [-0.25, -0.2) is 0 Å². The minimum Gasteiger partial charge on any atom is -0.455 e. The Bertz CT molecular complexity index is 3910. The van der Waals surface area contributed by atoms with E-state index in [9.17, 15) is 12.3 Å². The number of benzene rings is 9. The Morgan fingerprint density at radius 1 is 0.431 bits per heavy atom. The summed E-state index contributed by atoms with van der Waals surface area (Å²) in [6.45, 7) is 0. The van der Waals surface area contributed by atoms with Gasteiger partial charge in [-0.2, -0.15) is 0 Å². The van der Waals surface area contributed by atoms with Crippen molar-refractivity contribution < 1.29 is 29.1 Å². The van der Waals surface area contributed by atoms with Gasteiger partial charge in [0.2, 0.25) is 0 Å². The predicted octanol–water partition coefficient (Wildman–Crippen LogP) is 13.6. The smallest absolute Gasteiger partial charge is 0.143 e. The molecule has 10 rings (SSSR count). The molecule has 1 aromatic heterocycles. The molecule has 0 saturated heterocycles. The number of fused-ring (bicyclic) bond motifs is 6. The van der Waals surface area contributed by atoms with Crippen molar-refractivity contribution in [2.24, 2.45) is 0 Å². The third-order valence-electron chi connectivity index (χ3n) is 9.22. The molecule has 51 heavy (non-hydrogen) atoms. The molecule has 0 spiro atoms. The number of hydrogen-bond donors (Lipinski definition) is 0. The third kappa shape index (κ3) is 5.18. The summed E-state index contributed by atoms with van der Waals surface area (Å²) in [6, 6.07) is 11.5. The molecular formula is C50H34O. The van der Waals surface area contributed by atoms with E-state index in [1.165, 1.54) is 6.07 Å². The second-order valence-corrected chi connectivity index (χ2v) is 12.2. The minimum absolute atomic E-state index is 0.0213. The normalized spacial score (nSPS) is 16.6. The van der Waals surface area contributed by atoms with Crippen LogP contribution >= 0.6 is 0 Å². The topological polar surface area (TPSA) is 13.1 Å². The number of hydrogen-bond acceptors (Lipinski definition) is 1. The van der Waals surface area contributed by atoms with E-state index in [-0.39, 0.29) is 66.2 Å². The van der Waals surface area contributed by atoms with Crippen LogP contribution in [-0.4, -0.2) is 0 Å². The van der Waals surface area contributed by atoms with Crippen molar-refractivity contribution >= 4 is 54.3 Å². The standard InChI is InChI=1S/C50H34O/c1-3-12-33(13-4-1)29-47-41-16-7-9-18-43(41)48(44-19-10-8-17-42(44)47)30-34-22-23-37-31-38(25-24-36(37)28-34)39-26-27-45-46-21-11-20-40(35-14-5-2-6-15-35)50(46)51-49(45)32-39/h1-28,31-32H,29-30H2/i1D,3D,4D,7D,8D,9D,10D,12D,13D,16D,17D,18D,22D,23D,24D,25D,28D,31D. The molecule has 10 aromatic rings. The fourth-order valence-electron chi connectivity index (χ4n) is 6.87. The Hall–Kier alpha value is -6.44. The molecule has 0 aliphatic rings. The van der Waals surface area contributed by atoms with Crippen LogP contribution in [0.1, 0.15) is 46.9 Å². The molecule has 0 bridgehead atoms. The molecule has 1 heterocycles. The van der Waals surface area contributed by atoms with Crippen molar-refractivity contribution in [3.8, 4) is 22.3 Å². The maximum Gasteiger partial charge on any atom is 0.143 e. The van der Waals surface area contributed by atoms with Gasteiger partial charge in [-0.05, 0) is 102 Å². The van der Waals surface area contributed by atoms with Gasteiger partial charge >= 0.3 is 0 Å². The van der Waals surface area contributed by atoms with E-state index in [4.69, 9.17) is 16.8 Å². The first kappa shape index (κ1) is 16.5. The molecule has 9 aromatic carbocycles. The number of para-hydroxylation sites is 1. The molecular weight excluding hydrogens is 617 g/mol. The zero-order valence-corrected chi connectivity index (χ0v) is 26.8. The molecule has 0 radical (unpaired) electrons. The molecule has 0 amide bonds. The lowest BCUT2D eigenvalue weighted by atomic mass is 9.86. The second-order valence-electron chi connectivity index (χ2n) is 12.2. The van der Waals surface area contributed by atoms with Crippen LogP contribution in [0.4, 0.5) is 0 Å². The quantitative estimate of drug-likeness (QED) is 0.161. The van der Waals surface area contributed by atoms with Crippen LogP contribution in [0.5, 0.6) is 0 Å². The van der Waals surface area contributed by atoms with E-state index in [2.05, 4.69) is 0 Å². The van der Waals surface area contributed by atoms with Crippen LogP contribution in [-0.2, 0) is 12.8 Å². The van der Waals surface area contributed by atoms with Gasteiger partial charge in [0.15, 0.2) is 0 Å². The largest absolute Gasteiger partial charge is 0.455 e. The highest BCUT2D eigenvalue weighted by Gasteiger charge is 2.16. The highest BCUT2D eigenvalue weighted by atomic mass is 16.3. The SMILES string of the molecule is [2H]c1cc2c(Cc3c([2H])c([2H])c4c([2H])c(-c5ccc6c(c5)oc5c(-c7ccccc7)cccc56)c([2H])c([2H])c4c3[2H])c3c([2H])c([2H])c([2H])c([2H])c3c(Cc3c([2H])c([2H])c([2H])c([2H])c3[2H])c2c([2H])c1[2H]. The van der Waals surface area contributed by atoms with E-state index in [1.54, 1.807) is 18.2 Å². The first-order chi connectivity index (χ1) is 32.8. The Balaban J connectivity index is 1.21. The molecule has 1 nitrogen and oxygen atoms in total. The van der Waals surface area contributed by atoms with Crippen LogP contribution in [0, 0.1) is 0 Å². The zero-order chi connectivity index (χ0) is 49.4. The van der Waals surface area contributed by atoms with Crippen molar-refractivity contribution in [3.05, 3.63) is 204 Å². The van der Waals surface area contributed by atoms with Gasteiger partial charge in [0.25, 0.3) is 0 Å². The molecule has 240 valence electrons. The van der Waals surface area contributed by atoms with Gasteiger partial charge in [0.1, 0.15) is 11.2 Å². The molecule has 0 aliphatic carbocycles. The average Bonchev–Trinajstić information content (AvgIpc) is 3.72. The van der Waals surface area contributed by atoms with Crippen molar-refractivity contribution in [2.75, 3.05) is 0 Å². The van der Waals surface area contributed by atoms with E-state index in [1.807, 2.05) is 48.5 Å². The van der Waals surface area contributed by atoms with Crippen LogP contribution in [0.25, 0.3) is 76.5 Å². The van der Waals surface area contributed by atoms with Gasteiger partial charge in [-0.15, -0.1) is 0 Å². The lowest BCUT2D eigenvalue weighted by molar-refractivity contribution is 0.670. The summed E-state index contributed by atoms with van der Waals surface area (Å²) in [6.07, 6.45) is -1.12. The summed E-state index contributed by atoms with van der Waals surface area (Å²) >= 11 is 0. The monoisotopic (exact) mass is 668 g/mol. The summed E-state index contributed by atoms with van der Waals surface area (Å²) < 4.78 is 167. The van der Waals surface area contributed by atoms with Gasteiger partial charge in [-0.1, -0.05) is 163 Å². The van der Waals surface area contributed by atoms with Crippen LogP contribution in [0.3, 0.4) is 0 Å². The summed E-state index contributed by atoms with van der Waals surface area (Å²) in [5.74, 6) is 0. The average molecular weight is 669 g/mol. The van der Waals surface area contributed by atoms with Crippen molar-refractivity contribution in [1.29, 1.82) is 0 Å². The minimum atomic E-state index is -0.701. The summed E-state index contributed by atoms with van der Waals surface area (Å²) in [4.78, 5) is 0.